The number of carbonyl (C=O) groups excluding carboxylic acids is 5. The van der Waals surface area contributed by atoms with Crippen molar-refractivity contribution in [3.63, 3.8) is 0 Å². The SMILES string of the molecule is CC(C)C[C@H](NC(=O)[C@H](CCCN=C(N)N)NC(=O)[C@@H](N)CCCN=C(N)N)C(=O)N[C@@H](CC(N)=O)C(=O)N[C@@H](Cc1ccc(F)cc1)C(=O)O. The van der Waals surface area contributed by atoms with Crippen LogP contribution in [-0.2, 0) is 35.2 Å². The summed E-state index contributed by atoms with van der Waals surface area (Å²) < 4.78 is 13.3. The van der Waals surface area contributed by atoms with E-state index in [1.54, 1.807) is 13.8 Å². The fourth-order valence-electron chi connectivity index (χ4n) is 4.69. The van der Waals surface area contributed by atoms with Crippen LogP contribution in [0.4, 0.5) is 4.39 Å². The Morgan fingerprint density at radius 3 is 1.69 bits per heavy atom. The van der Waals surface area contributed by atoms with E-state index in [-0.39, 0.29) is 63.0 Å². The number of nitrogens with two attached hydrogens (primary N) is 6. The van der Waals surface area contributed by atoms with E-state index in [4.69, 9.17) is 34.4 Å². The van der Waals surface area contributed by atoms with Gasteiger partial charge in [0.15, 0.2) is 11.9 Å². The van der Waals surface area contributed by atoms with Crippen molar-refractivity contribution in [1.82, 2.24) is 21.3 Å². The van der Waals surface area contributed by atoms with Crippen molar-refractivity contribution in [2.45, 2.75) is 89.0 Å². The molecule has 0 spiro atoms. The topological polar surface area (TPSA) is 352 Å². The van der Waals surface area contributed by atoms with Gasteiger partial charge in [-0.25, -0.2) is 9.18 Å². The number of rotatable bonds is 23. The zero-order chi connectivity index (χ0) is 38.7. The quantitative estimate of drug-likeness (QED) is 0.0301. The van der Waals surface area contributed by atoms with Crippen molar-refractivity contribution >= 4 is 47.4 Å². The molecular weight excluding hydrogens is 671 g/mol. The fourth-order valence-corrected chi connectivity index (χ4v) is 4.69. The van der Waals surface area contributed by atoms with E-state index < -0.39 is 78.0 Å². The van der Waals surface area contributed by atoms with Gasteiger partial charge >= 0.3 is 5.97 Å². The van der Waals surface area contributed by atoms with Gasteiger partial charge in [0.25, 0.3) is 0 Å². The Morgan fingerprint density at radius 1 is 0.706 bits per heavy atom. The van der Waals surface area contributed by atoms with Crippen LogP contribution in [0.2, 0.25) is 0 Å². The number of hydrogen-bond acceptors (Lipinski definition) is 9. The summed E-state index contributed by atoms with van der Waals surface area (Å²) >= 11 is 0. The molecule has 0 unspecified atom stereocenters. The molecule has 17 N–H and O–H groups in total. The number of hydrogen-bond donors (Lipinski definition) is 11. The minimum Gasteiger partial charge on any atom is -0.480 e. The molecule has 0 aliphatic carbocycles. The Hall–Kier alpha value is -5.53. The Bertz CT molecular complexity index is 1400. The summed E-state index contributed by atoms with van der Waals surface area (Å²) in [6, 6.07) is -1.68. The normalized spacial score (nSPS) is 13.7. The highest BCUT2D eigenvalue weighted by molar-refractivity contribution is 5.97. The second kappa shape index (κ2) is 22.2. The number of nitrogens with one attached hydrogen (secondary N) is 4. The van der Waals surface area contributed by atoms with E-state index in [2.05, 4.69) is 31.3 Å². The Balaban J connectivity index is 3.17. The van der Waals surface area contributed by atoms with Crippen LogP contribution in [0.5, 0.6) is 0 Å². The highest BCUT2D eigenvalue weighted by Gasteiger charge is 2.33. The fraction of sp³-hybridized carbons (Fsp3) is 0.548. The number of nitrogens with zero attached hydrogens (tertiary/aromatic N) is 2. The highest BCUT2D eigenvalue weighted by Crippen LogP contribution is 2.10. The van der Waals surface area contributed by atoms with Gasteiger partial charge in [-0.05, 0) is 55.7 Å². The van der Waals surface area contributed by atoms with Crippen molar-refractivity contribution in [2.75, 3.05) is 13.1 Å². The van der Waals surface area contributed by atoms with Crippen LogP contribution in [0.3, 0.4) is 0 Å². The number of halogens is 1. The molecule has 0 radical (unpaired) electrons. The molecule has 0 aromatic heterocycles. The zero-order valence-electron chi connectivity index (χ0n) is 28.8. The van der Waals surface area contributed by atoms with Crippen LogP contribution in [0.25, 0.3) is 0 Å². The summed E-state index contributed by atoms with van der Waals surface area (Å²) in [5.74, 6) is -6.75. The van der Waals surface area contributed by atoms with Gasteiger partial charge in [0, 0.05) is 19.5 Å². The predicted octanol–water partition coefficient (Wildman–Crippen LogP) is -3.25. The van der Waals surface area contributed by atoms with Crippen LogP contribution in [-0.4, -0.2) is 95.8 Å². The lowest BCUT2D eigenvalue weighted by Gasteiger charge is -2.27. The van der Waals surface area contributed by atoms with E-state index in [1.807, 2.05) is 0 Å². The van der Waals surface area contributed by atoms with E-state index in [0.717, 1.165) is 12.1 Å². The molecule has 5 atom stereocenters. The number of amides is 5. The minimum atomic E-state index is -1.62. The first-order valence-electron chi connectivity index (χ1n) is 16.2. The summed E-state index contributed by atoms with van der Waals surface area (Å²) in [5, 5.41) is 19.5. The van der Waals surface area contributed by atoms with Crippen molar-refractivity contribution in [1.29, 1.82) is 0 Å². The number of aliphatic carboxylic acids is 1. The van der Waals surface area contributed by atoms with Crippen molar-refractivity contribution in [3.05, 3.63) is 35.6 Å². The number of carboxylic acids is 1. The number of benzene rings is 1. The van der Waals surface area contributed by atoms with Gasteiger partial charge in [0.05, 0.1) is 12.5 Å². The molecule has 0 saturated heterocycles. The molecule has 1 aromatic rings. The van der Waals surface area contributed by atoms with Crippen LogP contribution < -0.4 is 55.7 Å². The van der Waals surface area contributed by atoms with E-state index in [0.29, 0.717) is 12.0 Å². The highest BCUT2D eigenvalue weighted by atomic mass is 19.1. The summed E-state index contributed by atoms with van der Waals surface area (Å²) in [7, 11) is 0. The number of carbonyl (C=O) groups is 6. The average molecular weight is 723 g/mol. The first-order chi connectivity index (χ1) is 23.9. The lowest BCUT2D eigenvalue weighted by molar-refractivity contribution is -0.142. The molecule has 0 aliphatic heterocycles. The third-order valence-corrected chi connectivity index (χ3v) is 7.23. The largest absolute Gasteiger partial charge is 0.480 e. The molecule has 0 saturated carbocycles. The van der Waals surface area contributed by atoms with Gasteiger partial charge < -0.3 is 60.8 Å². The third kappa shape index (κ3) is 18.2. The molecule has 5 amide bonds. The average Bonchev–Trinajstić information content (AvgIpc) is 3.03. The van der Waals surface area contributed by atoms with Gasteiger partial charge in [-0.3, -0.25) is 34.0 Å². The molecule has 0 fully saturated rings. The van der Waals surface area contributed by atoms with Crippen LogP contribution >= 0.6 is 0 Å². The lowest BCUT2D eigenvalue weighted by Crippen LogP contribution is -2.59. The summed E-state index contributed by atoms with van der Waals surface area (Å²) in [6.45, 7) is 3.90. The smallest absolute Gasteiger partial charge is 0.326 e. The molecule has 1 rings (SSSR count). The molecule has 0 aliphatic rings. The van der Waals surface area contributed by atoms with E-state index in [1.165, 1.54) is 12.1 Å². The van der Waals surface area contributed by atoms with E-state index >= 15 is 0 Å². The molecule has 1 aromatic carbocycles. The van der Waals surface area contributed by atoms with Crippen molar-refractivity contribution in [3.8, 4) is 0 Å². The van der Waals surface area contributed by atoms with Crippen LogP contribution in [0.1, 0.15) is 57.9 Å². The zero-order valence-corrected chi connectivity index (χ0v) is 28.8. The first-order valence-corrected chi connectivity index (χ1v) is 16.2. The second-order valence-electron chi connectivity index (χ2n) is 12.2. The molecule has 20 heteroatoms. The van der Waals surface area contributed by atoms with Crippen LogP contribution in [0, 0.1) is 11.7 Å². The van der Waals surface area contributed by atoms with E-state index in [9.17, 15) is 38.3 Å². The molecular formula is C31H51FN12O7. The Morgan fingerprint density at radius 2 is 1.18 bits per heavy atom. The van der Waals surface area contributed by atoms with Gasteiger partial charge in [-0.2, -0.15) is 0 Å². The number of primary amides is 1. The summed E-state index contributed by atoms with van der Waals surface area (Å²) in [5.41, 5.74) is 33.1. The first kappa shape index (κ1) is 43.5. The molecule has 51 heavy (non-hydrogen) atoms. The maximum Gasteiger partial charge on any atom is 0.326 e. The maximum atomic E-state index is 13.6. The Kier molecular flexibility index (Phi) is 19.0. The maximum absolute atomic E-state index is 13.6. The molecule has 19 nitrogen and oxygen atoms in total. The lowest BCUT2D eigenvalue weighted by atomic mass is 10.0. The molecule has 0 heterocycles. The summed E-state index contributed by atoms with van der Waals surface area (Å²) in [4.78, 5) is 84.7. The standard InChI is InChI=1S/C31H51FN12O7/c1-16(2)13-21(42-26(47)20(6-4-12-40-31(37)38)41-25(46)19(33)5-3-11-39-30(35)36)27(48)43-22(15-24(34)45)28(49)44-23(29(50)51)14-17-7-9-18(32)10-8-17/h7-10,16,19-23H,3-6,11-15,33H2,1-2H3,(H2,34,45)(H,41,46)(H,42,47)(H,43,48)(H,44,49)(H,50,51)(H4,35,36,39)(H4,37,38,40)/t19-,20-,21-,22-,23-/m0/s1. The van der Waals surface area contributed by atoms with Crippen molar-refractivity contribution in [2.24, 2.45) is 50.3 Å². The van der Waals surface area contributed by atoms with Gasteiger partial charge in [-0.15, -0.1) is 0 Å². The molecule has 284 valence electrons. The second-order valence-corrected chi connectivity index (χ2v) is 12.2. The molecule has 0 bridgehead atoms. The van der Waals surface area contributed by atoms with Gasteiger partial charge in [-0.1, -0.05) is 26.0 Å². The monoisotopic (exact) mass is 722 g/mol. The third-order valence-electron chi connectivity index (χ3n) is 7.23. The van der Waals surface area contributed by atoms with Gasteiger partial charge in [0.2, 0.25) is 29.5 Å². The van der Waals surface area contributed by atoms with Crippen LogP contribution in [0.15, 0.2) is 34.3 Å². The number of guanidine groups is 2. The van der Waals surface area contributed by atoms with Crippen molar-refractivity contribution < 1.29 is 38.3 Å². The minimum absolute atomic E-state index is 0.0441. The number of aliphatic imine (C=N–C) groups is 2. The van der Waals surface area contributed by atoms with Gasteiger partial charge in [0.1, 0.15) is 30.0 Å². The predicted molar refractivity (Wildman–Crippen MR) is 187 cm³/mol. The summed E-state index contributed by atoms with van der Waals surface area (Å²) in [6.07, 6.45) is -0.00971. The number of carboxylic acid groups (broad SMARTS) is 1. The Labute approximate surface area is 295 Å².